The lowest BCUT2D eigenvalue weighted by atomic mass is 9.46. The summed E-state index contributed by atoms with van der Waals surface area (Å²) in [6.45, 7) is 10.5. The summed E-state index contributed by atoms with van der Waals surface area (Å²) in [5.41, 5.74) is 1.80. The van der Waals surface area contributed by atoms with E-state index in [4.69, 9.17) is 9.47 Å². The monoisotopic (exact) mass is 430 g/mol. The Morgan fingerprint density at radius 1 is 1.03 bits per heavy atom. The Morgan fingerprint density at radius 2 is 1.84 bits per heavy atom. The van der Waals surface area contributed by atoms with Crippen LogP contribution >= 0.6 is 0 Å². The van der Waals surface area contributed by atoms with E-state index in [0.717, 1.165) is 25.9 Å². The van der Waals surface area contributed by atoms with Crippen molar-refractivity contribution in [2.24, 2.45) is 46.3 Å². The van der Waals surface area contributed by atoms with Crippen LogP contribution in [-0.2, 0) is 9.47 Å². The van der Waals surface area contributed by atoms with Crippen LogP contribution in [0.5, 0.6) is 0 Å². The SMILES string of the molecule is CC1CC[C@@]2(OC1)O[C@H]1C[C@H]3[C@@H]4CC=C5CC(O)C(O)C[C@]5(C)[C@H]4CC[C@]3(C)[C@H]1[C@@H]2C. The number of rotatable bonds is 0. The molecule has 4 heteroatoms. The van der Waals surface area contributed by atoms with Crippen LogP contribution < -0.4 is 0 Å². The van der Waals surface area contributed by atoms with Crippen LogP contribution in [0.25, 0.3) is 0 Å². The van der Waals surface area contributed by atoms with Gasteiger partial charge in [-0.15, -0.1) is 0 Å². The molecule has 0 aromatic rings. The molecule has 4 aliphatic carbocycles. The van der Waals surface area contributed by atoms with Crippen LogP contribution in [0.4, 0.5) is 0 Å². The molecule has 2 N–H and O–H groups in total. The van der Waals surface area contributed by atoms with Gasteiger partial charge in [0.05, 0.1) is 24.9 Å². The van der Waals surface area contributed by atoms with E-state index < -0.39 is 12.2 Å². The Labute approximate surface area is 187 Å². The zero-order valence-electron chi connectivity index (χ0n) is 19.8. The highest BCUT2D eigenvalue weighted by Crippen LogP contribution is 2.70. The van der Waals surface area contributed by atoms with E-state index in [2.05, 4.69) is 33.8 Å². The van der Waals surface area contributed by atoms with Crippen molar-refractivity contribution < 1.29 is 19.7 Å². The summed E-state index contributed by atoms with van der Waals surface area (Å²) in [7, 11) is 0. The fraction of sp³-hybridized carbons (Fsp3) is 0.926. The summed E-state index contributed by atoms with van der Waals surface area (Å²) >= 11 is 0. The molecule has 1 spiro atoms. The topological polar surface area (TPSA) is 58.9 Å². The van der Waals surface area contributed by atoms with Crippen molar-refractivity contribution >= 4 is 0 Å². The lowest BCUT2D eigenvalue weighted by Gasteiger charge is -2.59. The normalized spacial score (nSPS) is 60.7. The molecule has 12 atom stereocenters. The van der Waals surface area contributed by atoms with Crippen LogP contribution in [0.1, 0.15) is 79.1 Å². The van der Waals surface area contributed by atoms with Gasteiger partial charge in [-0.1, -0.05) is 39.3 Å². The second kappa shape index (κ2) is 6.81. The van der Waals surface area contributed by atoms with Gasteiger partial charge in [-0.3, -0.25) is 0 Å². The van der Waals surface area contributed by atoms with Crippen molar-refractivity contribution in [1.29, 1.82) is 0 Å². The van der Waals surface area contributed by atoms with E-state index in [9.17, 15) is 10.2 Å². The number of allylic oxidation sites excluding steroid dienone is 1. The van der Waals surface area contributed by atoms with E-state index in [1.165, 1.54) is 31.3 Å². The van der Waals surface area contributed by atoms with Crippen molar-refractivity contribution in [2.45, 2.75) is 103 Å². The Kier molecular flexibility index (Phi) is 4.64. The molecule has 5 fully saturated rings. The summed E-state index contributed by atoms with van der Waals surface area (Å²) < 4.78 is 13.3. The van der Waals surface area contributed by atoms with E-state index in [-0.39, 0.29) is 11.2 Å². The van der Waals surface area contributed by atoms with Crippen LogP contribution in [0, 0.1) is 46.3 Å². The third-order valence-corrected chi connectivity index (χ3v) is 11.4. The van der Waals surface area contributed by atoms with E-state index in [0.29, 0.717) is 53.4 Å². The molecule has 2 heterocycles. The molecule has 6 rings (SSSR count). The highest BCUT2D eigenvalue weighted by atomic mass is 16.7. The number of fused-ring (bicyclic) bond motifs is 7. The molecule has 0 radical (unpaired) electrons. The molecular weight excluding hydrogens is 388 g/mol. The maximum absolute atomic E-state index is 10.5. The van der Waals surface area contributed by atoms with Crippen molar-refractivity contribution in [3.63, 3.8) is 0 Å². The van der Waals surface area contributed by atoms with E-state index in [1.54, 1.807) is 0 Å². The molecule has 6 aliphatic rings. The molecule has 3 unspecified atom stereocenters. The van der Waals surface area contributed by atoms with Crippen molar-refractivity contribution in [1.82, 2.24) is 0 Å². The summed E-state index contributed by atoms with van der Waals surface area (Å²) in [4.78, 5) is 0. The number of hydrogen-bond donors (Lipinski definition) is 2. The molecule has 174 valence electrons. The minimum atomic E-state index is -0.584. The first kappa shape index (κ1) is 21.1. The first-order valence-corrected chi connectivity index (χ1v) is 13.1. The first-order valence-electron chi connectivity index (χ1n) is 13.1. The molecule has 2 saturated heterocycles. The van der Waals surface area contributed by atoms with E-state index in [1.807, 2.05) is 0 Å². The fourth-order valence-corrected chi connectivity index (χ4v) is 9.71. The minimum Gasteiger partial charge on any atom is -0.390 e. The zero-order chi connectivity index (χ0) is 21.8. The Morgan fingerprint density at radius 3 is 2.58 bits per heavy atom. The lowest BCUT2D eigenvalue weighted by Crippen LogP contribution is -2.54. The maximum Gasteiger partial charge on any atom is 0.171 e. The molecule has 0 amide bonds. The minimum absolute atomic E-state index is 0.0525. The first-order chi connectivity index (χ1) is 14.7. The van der Waals surface area contributed by atoms with Crippen LogP contribution in [0.3, 0.4) is 0 Å². The largest absolute Gasteiger partial charge is 0.390 e. The second-order valence-electron chi connectivity index (χ2n) is 12.8. The van der Waals surface area contributed by atoms with Gasteiger partial charge < -0.3 is 19.7 Å². The third kappa shape index (κ3) is 2.74. The molecule has 4 nitrogen and oxygen atoms in total. The zero-order valence-corrected chi connectivity index (χ0v) is 19.8. The van der Waals surface area contributed by atoms with Gasteiger partial charge in [0.2, 0.25) is 0 Å². The highest BCUT2D eigenvalue weighted by Gasteiger charge is 2.68. The van der Waals surface area contributed by atoms with Gasteiger partial charge in [0.1, 0.15) is 0 Å². The van der Waals surface area contributed by atoms with Gasteiger partial charge in [0.15, 0.2) is 5.79 Å². The van der Waals surface area contributed by atoms with Gasteiger partial charge in [0.25, 0.3) is 0 Å². The molecule has 0 bridgehead atoms. The van der Waals surface area contributed by atoms with E-state index >= 15 is 0 Å². The standard InChI is InChI=1S/C27H42O4/c1-15-7-10-27(30-14-15)16(2)24-23(31-27)12-20-18-6-5-17-11-21(28)22(29)13-26(17,4)19(18)8-9-25(20,24)3/h5,15-16,18-24,28-29H,6-14H2,1-4H3/t15?,16-,18+,19-,20-,21?,22?,23-,24-,25-,26-,27+/m0/s1. The van der Waals surface area contributed by atoms with Crippen LogP contribution in [0.2, 0.25) is 0 Å². The molecule has 31 heavy (non-hydrogen) atoms. The number of aliphatic hydroxyl groups excluding tert-OH is 2. The summed E-state index contributed by atoms with van der Waals surface area (Å²) in [5, 5.41) is 20.8. The van der Waals surface area contributed by atoms with Crippen molar-refractivity contribution in [2.75, 3.05) is 6.61 Å². The fourth-order valence-electron chi connectivity index (χ4n) is 9.71. The Bertz CT molecular complexity index is 769. The van der Waals surface area contributed by atoms with Crippen LogP contribution in [0.15, 0.2) is 11.6 Å². The quantitative estimate of drug-likeness (QED) is 0.548. The van der Waals surface area contributed by atoms with Crippen molar-refractivity contribution in [3.05, 3.63) is 11.6 Å². The predicted molar refractivity (Wildman–Crippen MR) is 119 cm³/mol. The smallest absolute Gasteiger partial charge is 0.171 e. The molecule has 0 aromatic carbocycles. The van der Waals surface area contributed by atoms with Gasteiger partial charge in [0, 0.05) is 12.3 Å². The summed E-state index contributed by atoms with van der Waals surface area (Å²) in [6.07, 6.45) is 10.1. The number of ether oxygens (including phenoxy) is 2. The van der Waals surface area contributed by atoms with Gasteiger partial charge >= 0.3 is 0 Å². The molecule has 0 aromatic heterocycles. The van der Waals surface area contributed by atoms with Crippen LogP contribution in [-0.4, -0.2) is 40.9 Å². The number of hydrogen-bond acceptors (Lipinski definition) is 4. The van der Waals surface area contributed by atoms with Crippen molar-refractivity contribution in [3.8, 4) is 0 Å². The molecule has 2 aliphatic heterocycles. The summed E-state index contributed by atoms with van der Waals surface area (Å²) in [5.74, 6) is 3.39. The Hall–Kier alpha value is -0.420. The third-order valence-electron chi connectivity index (χ3n) is 11.4. The maximum atomic E-state index is 10.5. The second-order valence-corrected chi connectivity index (χ2v) is 12.8. The molecular formula is C27H42O4. The molecule has 3 saturated carbocycles. The van der Waals surface area contributed by atoms with Gasteiger partial charge in [-0.25, -0.2) is 0 Å². The van der Waals surface area contributed by atoms with Gasteiger partial charge in [-0.05, 0) is 85.4 Å². The Balaban J connectivity index is 1.28. The highest BCUT2D eigenvalue weighted by molar-refractivity contribution is 5.27. The van der Waals surface area contributed by atoms with Gasteiger partial charge in [-0.2, -0.15) is 0 Å². The predicted octanol–water partition coefficient (Wildman–Crippen LogP) is 4.68. The average Bonchev–Trinajstić information content (AvgIpc) is 3.16. The summed E-state index contributed by atoms with van der Waals surface area (Å²) in [6, 6.07) is 0. The average molecular weight is 431 g/mol. The lowest BCUT2D eigenvalue weighted by molar-refractivity contribution is -0.272. The number of aliphatic hydroxyl groups is 2.